The summed E-state index contributed by atoms with van der Waals surface area (Å²) < 4.78 is 0. The van der Waals surface area contributed by atoms with Gasteiger partial charge < -0.3 is 10.6 Å². The van der Waals surface area contributed by atoms with Gasteiger partial charge in [-0.1, -0.05) is 18.2 Å². The zero-order chi connectivity index (χ0) is 14.5. The van der Waals surface area contributed by atoms with Crippen LogP contribution in [0.5, 0.6) is 0 Å². The van der Waals surface area contributed by atoms with E-state index in [1.165, 1.54) is 11.1 Å². The normalized spacial score (nSPS) is 18.6. The highest BCUT2D eigenvalue weighted by molar-refractivity contribution is 5.79. The van der Waals surface area contributed by atoms with Gasteiger partial charge in [-0.25, -0.2) is 0 Å². The number of rotatable bonds is 5. The van der Waals surface area contributed by atoms with Crippen LogP contribution in [0.2, 0.25) is 0 Å². The summed E-state index contributed by atoms with van der Waals surface area (Å²) in [5.41, 5.74) is 9.25. The zero-order valence-corrected chi connectivity index (χ0v) is 12.7. The molecule has 0 aromatic heterocycles. The van der Waals surface area contributed by atoms with Gasteiger partial charge in [-0.05, 0) is 62.8 Å². The lowest BCUT2D eigenvalue weighted by Gasteiger charge is -2.25. The SMILES string of the molecule is Cc1ccc(CC(=O)N2CCCC2CCCN)cc1C. The molecule has 1 aromatic rings. The van der Waals surface area contributed by atoms with Gasteiger partial charge in [-0.3, -0.25) is 4.79 Å². The topological polar surface area (TPSA) is 46.3 Å². The Morgan fingerprint density at radius 2 is 2.15 bits per heavy atom. The number of nitrogens with two attached hydrogens (primary N) is 1. The first-order chi connectivity index (χ1) is 9.61. The quantitative estimate of drug-likeness (QED) is 0.897. The minimum Gasteiger partial charge on any atom is -0.339 e. The van der Waals surface area contributed by atoms with Gasteiger partial charge >= 0.3 is 0 Å². The average Bonchev–Trinajstić information content (AvgIpc) is 2.89. The summed E-state index contributed by atoms with van der Waals surface area (Å²) >= 11 is 0. The number of benzene rings is 1. The number of nitrogens with zero attached hydrogens (tertiary/aromatic N) is 1. The monoisotopic (exact) mass is 274 g/mol. The Morgan fingerprint density at radius 1 is 1.35 bits per heavy atom. The Morgan fingerprint density at radius 3 is 2.85 bits per heavy atom. The lowest BCUT2D eigenvalue weighted by molar-refractivity contribution is -0.131. The molecule has 1 unspecified atom stereocenters. The van der Waals surface area contributed by atoms with E-state index in [1.54, 1.807) is 0 Å². The van der Waals surface area contributed by atoms with Gasteiger partial charge in [0.1, 0.15) is 0 Å². The van der Waals surface area contributed by atoms with E-state index in [-0.39, 0.29) is 5.91 Å². The maximum atomic E-state index is 12.5. The van der Waals surface area contributed by atoms with Crippen molar-refractivity contribution in [2.75, 3.05) is 13.1 Å². The third-order valence-corrected chi connectivity index (χ3v) is 4.37. The second kappa shape index (κ2) is 6.89. The molecule has 1 saturated heterocycles. The summed E-state index contributed by atoms with van der Waals surface area (Å²) in [4.78, 5) is 14.6. The highest BCUT2D eigenvalue weighted by Crippen LogP contribution is 2.22. The largest absolute Gasteiger partial charge is 0.339 e. The molecule has 1 fully saturated rings. The number of hydrogen-bond donors (Lipinski definition) is 1. The summed E-state index contributed by atoms with van der Waals surface area (Å²) in [6.07, 6.45) is 4.86. The number of likely N-dealkylation sites (tertiary alicyclic amines) is 1. The highest BCUT2D eigenvalue weighted by atomic mass is 16.2. The standard InChI is InChI=1S/C17H26N2O/c1-13-7-8-15(11-14(13)2)12-17(20)19-10-4-6-16(19)5-3-9-18/h7-8,11,16H,3-6,9-10,12,18H2,1-2H3. The number of carbonyl (C=O) groups excluding carboxylic acids is 1. The highest BCUT2D eigenvalue weighted by Gasteiger charge is 2.27. The first-order valence-corrected chi connectivity index (χ1v) is 7.67. The van der Waals surface area contributed by atoms with Gasteiger partial charge in [0, 0.05) is 12.6 Å². The molecule has 0 bridgehead atoms. The summed E-state index contributed by atoms with van der Waals surface area (Å²) in [5, 5.41) is 0. The lowest BCUT2D eigenvalue weighted by Crippen LogP contribution is -2.36. The minimum absolute atomic E-state index is 0.271. The molecule has 2 rings (SSSR count). The Labute approximate surface area is 122 Å². The van der Waals surface area contributed by atoms with Crippen molar-refractivity contribution < 1.29 is 4.79 Å². The molecule has 3 heteroatoms. The molecule has 2 N–H and O–H groups in total. The molecule has 20 heavy (non-hydrogen) atoms. The van der Waals surface area contributed by atoms with Crippen molar-refractivity contribution in [2.45, 2.75) is 52.0 Å². The molecule has 1 aliphatic heterocycles. The van der Waals surface area contributed by atoms with Crippen LogP contribution in [0.4, 0.5) is 0 Å². The lowest BCUT2D eigenvalue weighted by atomic mass is 10.0. The van der Waals surface area contributed by atoms with E-state index in [1.807, 2.05) is 0 Å². The zero-order valence-electron chi connectivity index (χ0n) is 12.7. The average molecular weight is 274 g/mol. The molecule has 0 radical (unpaired) electrons. The Balaban J connectivity index is 1.98. The summed E-state index contributed by atoms with van der Waals surface area (Å²) in [7, 11) is 0. The van der Waals surface area contributed by atoms with E-state index in [2.05, 4.69) is 36.9 Å². The van der Waals surface area contributed by atoms with Crippen molar-refractivity contribution in [1.29, 1.82) is 0 Å². The predicted molar refractivity (Wildman–Crippen MR) is 82.6 cm³/mol. The second-order valence-corrected chi connectivity index (χ2v) is 5.91. The van der Waals surface area contributed by atoms with Gasteiger partial charge in [-0.2, -0.15) is 0 Å². The molecule has 0 aliphatic carbocycles. The van der Waals surface area contributed by atoms with Gasteiger partial charge in [-0.15, -0.1) is 0 Å². The molecule has 1 aliphatic rings. The van der Waals surface area contributed by atoms with Gasteiger partial charge in [0.2, 0.25) is 5.91 Å². The molecule has 3 nitrogen and oxygen atoms in total. The number of carbonyl (C=O) groups is 1. The Kier molecular flexibility index (Phi) is 5.18. The summed E-state index contributed by atoms with van der Waals surface area (Å²) in [6.45, 7) is 5.84. The minimum atomic E-state index is 0.271. The van der Waals surface area contributed by atoms with Crippen LogP contribution in [0, 0.1) is 13.8 Å². The first-order valence-electron chi connectivity index (χ1n) is 7.67. The van der Waals surface area contributed by atoms with Crippen LogP contribution in [0.3, 0.4) is 0 Å². The fourth-order valence-electron chi connectivity index (χ4n) is 3.01. The fourth-order valence-corrected chi connectivity index (χ4v) is 3.01. The van der Waals surface area contributed by atoms with Gasteiger partial charge in [0.15, 0.2) is 0 Å². The number of hydrogen-bond acceptors (Lipinski definition) is 2. The van der Waals surface area contributed by atoms with Crippen LogP contribution in [0.15, 0.2) is 18.2 Å². The third kappa shape index (κ3) is 3.60. The first kappa shape index (κ1) is 15.0. The Bertz CT molecular complexity index is 470. The molecule has 1 heterocycles. The van der Waals surface area contributed by atoms with Crippen LogP contribution in [0.25, 0.3) is 0 Å². The van der Waals surface area contributed by atoms with E-state index in [9.17, 15) is 4.79 Å². The van der Waals surface area contributed by atoms with Crippen molar-refractivity contribution in [1.82, 2.24) is 4.90 Å². The molecular weight excluding hydrogens is 248 g/mol. The van der Waals surface area contributed by atoms with Crippen molar-refractivity contribution in [2.24, 2.45) is 5.73 Å². The maximum Gasteiger partial charge on any atom is 0.227 e. The second-order valence-electron chi connectivity index (χ2n) is 5.91. The van der Waals surface area contributed by atoms with Gasteiger partial charge in [0.25, 0.3) is 0 Å². The van der Waals surface area contributed by atoms with E-state index >= 15 is 0 Å². The maximum absolute atomic E-state index is 12.5. The Hall–Kier alpha value is -1.35. The molecule has 1 amide bonds. The summed E-state index contributed by atoms with van der Waals surface area (Å²) in [5.74, 6) is 0.271. The summed E-state index contributed by atoms with van der Waals surface area (Å²) in [6, 6.07) is 6.73. The molecule has 0 spiro atoms. The van der Waals surface area contributed by atoms with E-state index in [0.717, 1.165) is 44.3 Å². The van der Waals surface area contributed by atoms with Crippen molar-refractivity contribution in [3.63, 3.8) is 0 Å². The van der Waals surface area contributed by atoms with Crippen LogP contribution in [-0.2, 0) is 11.2 Å². The van der Waals surface area contributed by atoms with Crippen molar-refractivity contribution in [3.8, 4) is 0 Å². The molecule has 1 atom stereocenters. The van der Waals surface area contributed by atoms with Crippen LogP contribution in [-0.4, -0.2) is 29.9 Å². The fraction of sp³-hybridized carbons (Fsp3) is 0.588. The molecular formula is C17H26N2O. The van der Waals surface area contributed by atoms with Crippen LogP contribution in [0.1, 0.15) is 42.4 Å². The third-order valence-electron chi connectivity index (χ3n) is 4.37. The number of aryl methyl sites for hydroxylation is 2. The smallest absolute Gasteiger partial charge is 0.227 e. The molecule has 110 valence electrons. The van der Waals surface area contributed by atoms with Gasteiger partial charge in [0.05, 0.1) is 6.42 Å². The van der Waals surface area contributed by atoms with Crippen LogP contribution < -0.4 is 5.73 Å². The van der Waals surface area contributed by atoms with Crippen LogP contribution >= 0.6 is 0 Å². The van der Waals surface area contributed by atoms with Crippen molar-refractivity contribution in [3.05, 3.63) is 34.9 Å². The van der Waals surface area contributed by atoms with E-state index in [4.69, 9.17) is 5.73 Å². The van der Waals surface area contributed by atoms with E-state index < -0.39 is 0 Å². The number of amides is 1. The molecule has 0 saturated carbocycles. The van der Waals surface area contributed by atoms with Crippen molar-refractivity contribution >= 4 is 5.91 Å². The van der Waals surface area contributed by atoms with E-state index in [0.29, 0.717) is 12.5 Å². The molecule has 1 aromatic carbocycles. The predicted octanol–water partition coefficient (Wildman–Crippen LogP) is 2.58.